The first-order valence-electron chi connectivity index (χ1n) is 15.5. The molecular formula is C42H44N4. The van der Waals surface area contributed by atoms with Crippen LogP contribution in [0.25, 0.3) is 32.8 Å². The number of rotatable bonds is 13. The van der Waals surface area contributed by atoms with E-state index >= 15 is 0 Å². The molecule has 0 saturated carbocycles. The summed E-state index contributed by atoms with van der Waals surface area (Å²) in [6.07, 6.45) is 26.8. The number of benzene rings is 4. The lowest BCUT2D eigenvalue weighted by molar-refractivity contribution is 1.26. The first-order valence-corrected chi connectivity index (χ1v) is 15.5. The second kappa shape index (κ2) is 16.9. The van der Waals surface area contributed by atoms with Crippen molar-refractivity contribution in [1.82, 2.24) is 0 Å². The summed E-state index contributed by atoms with van der Waals surface area (Å²) in [7, 11) is 0. The molecule has 0 fully saturated rings. The van der Waals surface area contributed by atoms with Crippen molar-refractivity contribution in [3.63, 3.8) is 0 Å². The maximum Gasteiger partial charge on any atom is 0.0543 e. The van der Waals surface area contributed by atoms with E-state index < -0.39 is 0 Å². The van der Waals surface area contributed by atoms with Crippen LogP contribution in [0.4, 0.5) is 11.4 Å². The number of anilines is 2. The highest BCUT2D eigenvalue weighted by molar-refractivity contribution is 6.05. The molecule has 0 aromatic heterocycles. The second-order valence-corrected chi connectivity index (χ2v) is 10.8. The molecule has 0 atom stereocenters. The Bertz CT molecular complexity index is 1920. The van der Waals surface area contributed by atoms with Crippen LogP contribution >= 0.6 is 0 Å². The van der Waals surface area contributed by atoms with Crippen molar-refractivity contribution in [2.24, 2.45) is 17.2 Å². The zero-order valence-electron chi connectivity index (χ0n) is 26.8. The third kappa shape index (κ3) is 8.67. The number of nitrogens with two attached hydrogens (primary N) is 3. The van der Waals surface area contributed by atoms with Crippen molar-refractivity contribution in [2.75, 3.05) is 5.32 Å². The second-order valence-electron chi connectivity index (χ2n) is 10.8. The maximum absolute atomic E-state index is 6.53. The van der Waals surface area contributed by atoms with Crippen LogP contribution in [-0.4, -0.2) is 0 Å². The molecule has 46 heavy (non-hydrogen) atoms. The topological polar surface area (TPSA) is 90.1 Å². The summed E-state index contributed by atoms with van der Waals surface area (Å²) in [5.41, 5.74) is 25.5. The molecule has 4 heteroatoms. The van der Waals surface area contributed by atoms with Gasteiger partial charge in [-0.05, 0) is 103 Å². The highest BCUT2D eigenvalue weighted by atomic mass is 14.9. The smallest absolute Gasteiger partial charge is 0.0543 e. The lowest BCUT2D eigenvalue weighted by atomic mass is 9.96. The van der Waals surface area contributed by atoms with Gasteiger partial charge in [-0.15, -0.1) is 0 Å². The molecule has 4 rings (SSSR count). The van der Waals surface area contributed by atoms with Gasteiger partial charge in [0.05, 0.1) is 5.69 Å². The number of hydrogen-bond donors (Lipinski definition) is 4. The number of fused-ring (bicyclic) bond motifs is 2. The average molecular weight is 605 g/mol. The highest BCUT2D eigenvalue weighted by Crippen LogP contribution is 2.37. The van der Waals surface area contributed by atoms with Crippen molar-refractivity contribution in [3.8, 4) is 0 Å². The standard InChI is InChI=1S/C42H44N4/c1-4-32(14-7-6-12-28-43)22-21-31(3)37-25-23-35-30-36(40(45)19-11-8-15-33(5-2)27-29-44)24-26-39(35)42(37)46-41-20-13-17-34-16-9-10-18-38(34)41/h4-13,16-30,46H,3,14-15,43-45H2,1-2H3/b7-6-,11-8-,22-21-,28-12-,29-27-,32-4-,33-5-,40-19-. The molecule has 0 heterocycles. The largest absolute Gasteiger partial charge is 0.405 e. The van der Waals surface area contributed by atoms with Gasteiger partial charge in [-0.3, -0.25) is 0 Å². The van der Waals surface area contributed by atoms with Gasteiger partial charge in [0.15, 0.2) is 0 Å². The molecule has 232 valence electrons. The normalized spacial score (nSPS) is 13.5. The van der Waals surface area contributed by atoms with Gasteiger partial charge in [-0.1, -0.05) is 116 Å². The SMILES string of the molecule is C=C(/C=C\C(=C/C)C/C=C\C=C/N)c1ccc2cc(/C(N)=C/C=C\CC(/C=C\N)=C/C)ccc2c1Nc1cccc2ccccc12. The molecule has 4 aromatic carbocycles. The zero-order chi connectivity index (χ0) is 32.7. The monoisotopic (exact) mass is 604 g/mol. The Morgan fingerprint density at radius 1 is 0.717 bits per heavy atom. The Morgan fingerprint density at radius 3 is 2.22 bits per heavy atom. The molecule has 0 aliphatic heterocycles. The predicted molar refractivity (Wildman–Crippen MR) is 203 cm³/mol. The van der Waals surface area contributed by atoms with E-state index in [9.17, 15) is 0 Å². The van der Waals surface area contributed by atoms with Crippen LogP contribution in [0.2, 0.25) is 0 Å². The van der Waals surface area contributed by atoms with Crippen molar-refractivity contribution in [3.05, 3.63) is 181 Å². The van der Waals surface area contributed by atoms with Gasteiger partial charge in [-0.25, -0.2) is 0 Å². The van der Waals surface area contributed by atoms with Crippen molar-refractivity contribution < 1.29 is 0 Å². The predicted octanol–water partition coefficient (Wildman–Crippen LogP) is 10.3. The molecule has 0 spiro atoms. The Labute approximate surface area is 273 Å². The molecule has 4 nitrogen and oxygen atoms in total. The molecule has 0 saturated heterocycles. The summed E-state index contributed by atoms with van der Waals surface area (Å²) in [6, 6.07) is 25.4. The van der Waals surface area contributed by atoms with Crippen LogP contribution in [0.3, 0.4) is 0 Å². The van der Waals surface area contributed by atoms with Gasteiger partial charge in [0.1, 0.15) is 0 Å². The van der Waals surface area contributed by atoms with E-state index in [2.05, 4.69) is 115 Å². The lowest BCUT2D eigenvalue weighted by Crippen LogP contribution is -1.99. The maximum atomic E-state index is 6.53. The van der Waals surface area contributed by atoms with Crippen LogP contribution in [0.1, 0.15) is 37.8 Å². The van der Waals surface area contributed by atoms with Gasteiger partial charge in [-0.2, -0.15) is 0 Å². The Morgan fingerprint density at radius 2 is 1.46 bits per heavy atom. The number of hydrogen-bond acceptors (Lipinski definition) is 4. The van der Waals surface area contributed by atoms with E-state index in [-0.39, 0.29) is 0 Å². The fourth-order valence-corrected chi connectivity index (χ4v) is 5.18. The van der Waals surface area contributed by atoms with E-state index in [1.807, 2.05) is 50.3 Å². The van der Waals surface area contributed by atoms with Gasteiger partial charge in [0.25, 0.3) is 0 Å². The van der Waals surface area contributed by atoms with Gasteiger partial charge in [0.2, 0.25) is 0 Å². The minimum atomic E-state index is 0.699. The molecule has 0 aliphatic carbocycles. The summed E-state index contributed by atoms with van der Waals surface area (Å²) in [5, 5.41) is 8.29. The van der Waals surface area contributed by atoms with Gasteiger partial charge < -0.3 is 22.5 Å². The minimum absolute atomic E-state index is 0.699. The summed E-state index contributed by atoms with van der Waals surface area (Å²) < 4.78 is 0. The van der Waals surface area contributed by atoms with Gasteiger partial charge >= 0.3 is 0 Å². The Kier molecular flexibility index (Phi) is 12.2. The molecule has 0 radical (unpaired) electrons. The first-order chi connectivity index (χ1) is 22.5. The van der Waals surface area contributed by atoms with Crippen molar-refractivity contribution >= 4 is 44.2 Å². The fraction of sp³-hybridized carbons (Fsp3) is 0.0952. The molecule has 4 aromatic rings. The van der Waals surface area contributed by atoms with E-state index in [1.54, 1.807) is 6.20 Å². The Hall–Kier alpha value is -5.74. The molecule has 0 amide bonds. The molecule has 0 unspecified atom stereocenters. The van der Waals surface area contributed by atoms with Crippen molar-refractivity contribution in [1.29, 1.82) is 0 Å². The third-order valence-corrected chi connectivity index (χ3v) is 7.78. The summed E-state index contributed by atoms with van der Waals surface area (Å²) in [4.78, 5) is 0. The van der Waals surface area contributed by atoms with Crippen LogP contribution in [0.15, 0.2) is 170 Å². The number of nitrogens with one attached hydrogen (secondary N) is 1. The molecule has 0 aliphatic rings. The van der Waals surface area contributed by atoms with Crippen molar-refractivity contribution in [2.45, 2.75) is 26.7 Å². The third-order valence-electron chi connectivity index (χ3n) is 7.78. The highest BCUT2D eigenvalue weighted by Gasteiger charge is 2.12. The molecule has 7 N–H and O–H groups in total. The van der Waals surface area contributed by atoms with Crippen LogP contribution < -0.4 is 22.5 Å². The first kappa shape index (κ1) is 33.2. The number of allylic oxidation sites excluding steroid dienone is 14. The van der Waals surface area contributed by atoms with Crippen LogP contribution in [-0.2, 0) is 0 Å². The zero-order valence-corrected chi connectivity index (χ0v) is 26.8. The molecule has 0 bridgehead atoms. The van der Waals surface area contributed by atoms with Gasteiger partial charge in [0, 0.05) is 27.7 Å². The summed E-state index contributed by atoms with van der Waals surface area (Å²) in [5.74, 6) is 0. The quantitative estimate of drug-likeness (QED) is 0.114. The minimum Gasteiger partial charge on any atom is -0.405 e. The average Bonchev–Trinajstić information content (AvgIpc) is 3.09. The lowest BCUT2D eigenvalue weighted by Gasteiger charge is -2.18. The fourth-order valence-electron chi connectivity index (χ4n) is 5.18. The van der Waals surface area contributed by atoms with E-state index in [0.717, 1.165) is 62.6 Å². The Balaban J connectivity index is 1.72. The summed E-state index contributed by atoms with van der Waals surface area (Å²) in [6.45, 7) is 8.53. The van der Waals surface area contributed by atoms with E-state index in [0.29, 0.717) is 5.70 Å². The molecular weight excluding hydrogens is 560 g/mol. The van der Waals surface area contributed by atoms with E-state index in [4.69, 9.17) is 17.2 Å². The van der Waals surface area contributed by atoms with Crippen LogP contribution in [0, 0.1) is 0 Å². The van der Waals surface area contributed by atoms with Crippen LogP contribution in [0.5, 0.6) is 0 Å². The summed E-state index contributed by atoms with van der Waals surface area (Å²) >= 11 is 0. The van der Waals surface area contributed by atoms with E-state index in [1.165, 1.54) is 17.2 Å².